The number of nitrogens with one attached hydrogen (secondary N) is 1. The Hall–Kier alpha value is -2.22. The molecule has 0 spiro atoms. The molecule has 0 atom stereocenters. The van der Waals surface area contributed by atoms with Crippen LogP contribution in [0.4, 0.5) is 5.69 Å². The van der Waals surface area contributed by atoms with E-state index in [0.29, 0.717) is 33.3 Å². The topological polar surface area (TPSA) is 69.0 Å². The molecule has 6 nitrogen and oxygen atoms in total. The summed E-state index contributed by atoms with van der Waals surface area (Å²) in [5, 5.41) is 12.6. The van der Waals surface area contributed by atoms with Gasteiger partial charge in [0, 0.05) is 12.1 Å². The molecule has 9 heteroatoms. The number of amides is 1. The molecule has 0 aliphatic rings. The minimum Gasteiger partial charge on any atom is -0.486 e. The molecule has 0 aliphatic heterocycles. The molecule has 29 heavy (non-hydrogen) atoms. The second-order valence-corrected chi connectivity index (χ2v) is 8.32. The van der Waals surface area contributed by atoms with Crippen molar-refractivity contribution >= 4 is 46.6 Å². The Bertz CT molecular complexity index is 1020. The number of halogens is 2. The molecule has 0 unspecified atom stereocenters. The standard InChI is InChI=1S/C20H20Cl2N4O2S/c1-12-6-13(2)8-15(7-12)28-10-18-24-25-20(26(18)3)29-11-19(27)23-17-5-4-14(21)9-16(17)22/h4-9H,10-11H2,1-3H3,(H,23,27). The van der Waals surface area contributed by atoms with Crippen molar-refractivity contribution < 1.29 is 9.53 Å². The van der Waals surface area contributed by atoms with E-state index in [4.69, 9.17) is 27.9 Å². The second kappa shape index (κ2) is 9.52. The molecule has 0 radical (unpaired) electrons. The van der Waals surface area contributed by atoms with Crippen molar-refractivity contribution in [2.45, 2.75) is 25.6 Å². The van der Waals surface area contributed by atoms with Crippen molar-refractivity contribution in [3.8, 4) is 5.75 Å². The number of aromatic nitrogens is 3. The SMILES string of the molecule is Cc1cc(C)cc(OCc2nnc(SCC(=O)Nc3ccc(Cl)cc3Cl)n2C)c1. The summed E-state index contributed by atoms with van der Waals surface area (Å²) >= 11 is 13.2. The lowest BCUT2D eigenvalue weighted by molar-refractivity contribution is -0.113. The first kappa shape index (κ1) is 21.5. The van der Waals surface area contributed by atoms with Crippen LogP contribution >= 0.6 is 35.0 Å². The van der Waals surface area contributed by atoms with Crippen LogP contribution in [0.1, 0.15) is 17.0 Å². The van der Waals surface area contributed by atoms with Gasteiger partial charge in [-0.1, -0.05) is 41.0 Å². The van der Waals surface area contributed by atoms with Crippen LogP contribution < -0.4 is 10.1 Å². The van der Waals surface area contributed by atoms with E-state index in [1.165, 1.54) is 11.8 Å². The maximum Gasteiger partial charge on any atom is 0.234 e. The van der Waals surface area contributed by atoms with Gasteiger partial charge in [0.25, 0.3) is 0 Å². The van der Waals surface area contributed by atoms with Gasteiger partial charge in [-0.15, -0.1) is 10.2 Å². The highest BCUT2D eigenvalue weighted by Gasteiger charge is 2.13. The van der Waals surface area contributed by atoms with Gasteiger partial charge in [0.05, 0.1) is 16.5 Å². The lowest BCUT2D eigenvalue weighted by atomic mass is 10.1. The highest BCUT2D eigenvalue weighted by molar-refractivity contribution is 7.99. The number of rotatable bonds is 7. The zero-order chi connectivity index (χ0) is 21.0. The van der Waals surface area contributed by atoms with E-state index in [-0.39, 0.29) is 11.7 Å². The maximum absolute atomic E-state index is 12.2. The molecule has 0 saturated heterocycles. The minimum absolute atomic E-state index is 0.170. The molecular weight excluding hydrogens is 431 g/mol. The molecule has 152 valence electrons. The van der Waals surface area contributed by atoms with Gasteiger partial charge in [-0.2, -0.15) is 0 Å². The Balaban J connectivity index is 1.55. The quantitative estimate of drug-likeness (QED) is 0.510. The first-order valence-corrected chi connectivity index (χ1v) is 10.5. The van der Waals surface area contributed by atoms with Crippen molar-refractivity contribution in [1.29, 1.82) is 0 Å². The van der Waals surface area contributed by atoms with E-state index in [9.17, 15) is 4.79 Å². The fourth-order valence-electron chi connectivity index (χ4n) is 2.67. The smallest absolute Gasteiger partial charge is 0.234 e. The molecule has 1 amide bonds. The van der Waals surface area contributed by atoms with Crippen LogP contribution in [0.3, 0.4) is 0 Å². The van der Waals surface area contributed by atoms with Crippen LogP contribution in [0.5, 0.6) is 5.75 Å². The van der Waals surface area contributed by atoms with E-state index in [2.05, 4.69) is 21.6 Å². The number of hydrogen-bond acceptors (Lipinski definition) is 5. The van der Waals surface area contributed by atoms with Crippen LogP contribution in [0.15, 0.2) is 41.6 Å². The van der Waals surface area contributed by atoms with Crippen LogP contribution in [0.2, 0.25) is 10.0 Å². The zero-order valence-corrected chi connectivity index (χ0v) is 18.5. The van der Waals surface area contributed by atoms with E-state index in [1.54, 1.807) is 18.2 Å². The Morgan fingerprint density at radius 2 is 1.86 bits per heavy atom. The van der Waals surface area contributed by atoms with E-state index >= 15 is 0 Å². The summed E-state index contributed by atoms with van der Waals surface area (Å²) in [6.45, 7) is 4.35. The number of hydrogen-bond donors (Lipinski definition) is 1. The number of carbonyl (C=O) groups excluding carboxylic acids is 1. The van der Waals surface area contributed by atoms with Gasteiger partial charge >= 0.3 is 0 Å². The Kier molecular flexibility index (Phi) is 7.05. The summed E-state index contributed by atoms with van der Waals surface area (Å²) in [5.41, 5.74) is 2.80. The Morgan fingerprint density at radius 1 is 1.14 bits per heavy atom. The lowest BCUT2D eigenvalue weighted by Gasteiger charge is -2.09. The molecule has 0 bridgehead atoms. The average molecular weight is 451 g/mol. The number of ether oxygens (including phenoxy) is 1. The first-order valence-electron chi connectivity index (χ1n) is 8.79. The number of thioether (sulfide) groups is 1. The van der Waals surface area contributed by atoms with Crippen molar-refractivity contribution in [2.24, 2.45) is 7.05 Å². The number of benzene rings is 2. The highest BCUT2D eigenvalue weighted by atomic mass is 35.5. The molecule has 0 aliphatic carbocycles. The minimum atomic E-state index is -0.199. The summed E-state index contributed by atoms with van der Waals surface area (Å²) in [5.74, 6) is 1.44. The van der Waals surface area contributed by atoms with Gasteiger partial charge in [0.15, 0.2) is 11.0 Å². The van der Waals surface area contributed by atoms with E-state index in [0.717, 1.165) is 16.9 Å². The van der Waals surface area contributed by atoms with Gasteiger partial charge in [-0.25, -0.2) is 0 Å². The Morgan fingerprint density at radius 3 is 2.55 bits per heavy atom. The van der Waals surface area contributed by atoms with Gasteiger partial charge in [-0.3, -0.25) is 4.79 Å². The number of carbonyl (C=O) groups is 1. The molecule has 3 aromatic rings. The molecule has 2 aromatic carbocycles. The summed E-state index contributed by atoms with van der Waals surface area (Å²) in [7, 11) is 1.84. The summed E-state index contributed by atoms with van der Waals surface area (Å²) in [6, 6.07) is 11.0. The largest absolute Gasteiger partial charge is 0.486 e. The number of nitrogens with zero attached hydrogens (tertiary/aromatic N) is 3. The number of anilines is 1. The molecule has 1 aromatic heterocycles. The van der Waals surface area contributed by atoms with Crippen molar-refractivity contribution in [3.05, 3.63) is 63.4 Å². The molecule has 1 N–H and O–H groups in total. The van der Waals surface area contributed by atoms with Gasteiger partial charge in [0.1, 0.15) is 12.4 Å². The van der Waals surface area contributed by atoms with Gasteiger partial charge in [0.2, 0.25) is 5.91 Å². The normalized spacial score (nSPS) is 10.8. The summed E-state index contributed by atoms with van der Waals surface area (Å²) < 4.78 is 7.65. The van der Waals surface area contributed by atoms with Crippen LogP contribution in [-0.2, 0) is 18.4 Å². The van der Waals surface area contributed by atoms with E-state index < -0.39 is 0 Å². The monoisotopic (exact) mass is 450 g/mol. The fraction of sp³-hybridized carbons (Fsp3) is 0.250. The fourth-order valence-corrected chi connectivity index (χ4v) is 3.85. The maximum atomic E-state index is 12.2. The van der Waals surface area contributed by atoms with Crippen LogP contribution in [0, 0.1) is 13.8 Å². The average Bonchev–Trinajstić information content (AvgIpc) is 3.00. The molecule has 0 saturated carbocycles. The van der Waals surface area contributed by atoms with Crippen molar-refractivity contribution in [3.63, 3.8) is 0 Å². The second-order valence-electron chi connectivity index (χ2n) is 6.53. The van der Waals surface area contributed by atoms with Gasteiger partial charge < -0.3 is 14.6 Å². The zero-order valence-electron chi connectivity index (χ0n) is 16.2. The molecule has 3 rings (SSSR count). The molecule has 0 fully saturated rings. The lowest BCUT2D eigenvalue weighted by Crippen LogP contribution is -2.15. The third kappa shape index (κ3) is 5.88. The van der Waals surface area contributed by atoms with E-state index in [1.807, 2.05) is 37.6 Å². The van der Waals surface area contributed by atoms with Crippen LogP contribution in [-0.4, -0.2) is 26.4 Å². The first-order chi connectivity index (χ1) is 13.8. The third-order valence-electron chi connectivity index (χ3n) is 4.03. The molecular formula is C20H20Cl2N4O2S. The van der Waals surface area contributed by atoms with Crippen molar-refractivity contribution in [2.75, 3.05) is 11.1 Å². The summed E-state index contributed by atoms with van der Waals surface area (Å²) in [4.78, 5) is 12.2. The molecule has 1 heterocycles. The van der Waals surface area contributed by atoms with Crippen LogP contribution in [0.25, 0.3) is 0 Å². The van der Waals surface area contributed by atoms with Crippen molar-refractivity contribution in [1.82, 2.24) is 14.8 Å². The summed E-state index contributed by atoms with van der Waals surface area (Å²) in [6.07, 6.45) is 0. The highest BCUT2D eigenvalue weighted by Crippen LogP contribution is 2.26. The number of aryl methyl sites for hydroxylation is 2. The predicted molar refractivity (Wildman–Crippen MR) is 117 cm³/mol. The predicted octanol–water partition coefficient (Wildman–Crippen LogP) is 5.05. The third-order valence-corrected chi connectivity index (χ3v) is 5.59. The Labute approximate surface area is 183 Å². The van der Waals surface area contributed by atoms with Gasteiger partial charge in [-0.05, 0) is 55.3 Å².